The Hall–Kier alpha value is -2.83. The van der Waals surface area contributed by atoms with E-state index in [2.05, 4.69) is 20.2 Å². The molecule has 0 atom stereocenters. The van der Waals surface area contributed by atoms with E-state index in [1.165, 1.54) is 0 Å². The van der Waals surface area contributed by atoms with Crippen molar-refractivity contribution in [1.29, 1.82) is 0 Å². The van der Waals surface area contributed by atoms with Gasteiger partial charge in [0.2, 0.25) is 18.6 Å². The summed E-state index contributed by atoms with van der Waals surface area (Å²) in [6, 6.07) is 7.87. The van der Waals surface area contributed by atoms with Crippen LogP contribution in [0.5, 0.6) is 11.5 Å². The maximum atomic E-state index is 12.3. The first-order chi connectivity index (χ1) is 12.8. The van der Waals surface area contributed by atoms with Crippen molar-refractivity contribution in [2.75, 3.05) is 24.8 Å². The third-order valence-electron chi connectivity index (χ3n) is 4.77. The molecule has 1 amide bonds. The van der Waals surface area contributed by atoms with E-state index in [-0.39, 0.29) is 18.7 Å². The minimum absolute atomic E-state index is 0.0945. The predicted octanol–water partition coefficient (Wildman–Crippen LogP) is 1.92. The van der Waals surface area contributed by atoms with Crippen LogP contribution in [0.4, 0.5) is 5.95 Å². The molecule has 2 aliphatic rings. The van der Waals surface area contributed by atoms with Gasteiger partial charge in [-0.25, -0.2) is 9.97 Å². The summed E-state index contributed by atoms with van der Waals surface area (Å²) in [5.41, 5.74) is 1.08. The van der Waals surface area contributed by atoms with Crippen molar-refractivity contribution in [2.24, 2.45) is 0 Å². The fourth-order valence-corrected chi connectivity index (χ4v) is 3.33. The van der Waals surface area contributed by atoms with Gasteiger partial charge in [0.15, 0.2) is 11.5 Å². The number of hydrogen-bond acceptors (Lipinski definition) is 6. The van der Waals surface area contributed by atoms with Crippen LogP contribution in [-0.2, 0) is 11.2 Å². The lowest BCUT2D eigenvalue weighted by atomic mass is 10.0. The standard InChI is InChI=1S/C19H22N4O3/c24-18(5-3-14-2-4-16-17(12-14)26-13-25-16)22-15-6-10-23(11-7-15)19-20-8-1-9-21-19/h1-2,4,8-9,12,15H,3,5-7,10-11,13H2,(H,22,24). The summed E-state index contributed by atoms with van der Waals surface area (Å²) in [7, 11) is 0. The monoisotopic (exact) mass is 354 g/mol. The number of ether oxygens (including phenoxy) is 2. The molecule has 4 rings (SSSR count). The highest BCUT2D eigenvalue weighted by atomic mass is 16.7. The number of anilines is 1. The zero-order valence-electron chi connectivity index (χ0n) is 14.6. The van der Waals surface area contributed by atoms with Gasteiger partial charge in [0.25, 0.3) is 0 Å². The van der Waals surface area contributed by atoms with Crippen LogP contribution in [0.15, 0.2) is 36.7 Å². The molecule has 0 spiro atoms. The summed E-state index contributed by atoms with van der Waals surface area (Å²) in [6.45, 7) is 1.99. The minimum Gasteiger partial charge on any atom is -0.454 e. The first-order valence-electron chi connectivity index (χ1n) is 8.98. The number of nitrogens with zero attached hydrogens (tertiary/aromatic N) is 3. The van der Waals surface area contributed by atoms with Gasteiger partial charge in [0, 0.05) is 37.9 Å². The number of rotatable bonds is 5. The maximum Gasteiger partial charge on any atom is 0.231 e. The molecule has 7 heteroatoms. The minimum atomic E-state index is 0.0945. The second kappa shape index (κ2) is 7.59. The number of hydrogen-bond donors (Lipinski definition) is 1. The third-order valence-corrected chi connectivity index (χ3v) is 4.77. The summed E-state index contributed by atoms with van der Waals surface area (Å²) in [4.78, 5) is 23.0. The molecule has 2 aliphatic heterocycles. The van der Waals surface area contributed by atoms with Crippen LogP contribution in [0.1, 0.15) is 24.8 Å². The number of carbonyl (C=O) groups excluding carboxylic acids is 1. The molecule has 1 aromatic carbocycles. The quantitative estimate of drug-likeness (QED) is 0.884. The van der Waals surface area contributed by atoms with Gasteiger partial charge in [-0.1, -0.05) is 6.07 Å². The first kappa shape index (κ1) is 16.6. The molecule has 0 unspecified atom stereocenters. The molecule has 2 aromatic rings. The van der Waals surface area contributed by atoms with Crippen LogP contribution in [-0.4, -0.2) is 41.8 Å². The van der Waals surface area contributed by atoms with Crippen LogP contribution in [0.25, 0.3) is 0 Å². The first-order valence-corrected chi connectivity index (χ1v) is 8.98. The Bertz CT molecular complexity index is 761. The SMILES string of the molecule is O=C(CCc1ccc2c(c1)OCO2)NC1CCN(c2ncccn2)CC1. The van der Waals surface area contributed by atoms with Crippen LogP contribution < -0.4 is 19.7 Å². The molecule has 136 valence electrons. The molecule has 0 radical (unpaired) electrons. The topological polar surface area (TPSA) is 76.6 Å². The second-order valence-electron chi connectivity index (χ2n) is 6.57. The fraction of sp³-hybridized carbons (Fsp3) is 0.421. The normalized spacial score (nSPS) is 16.5. The van der Waals surface area contributed by atoms with Gasteiger partial charge in [-0.15, -0.1) is 0 Å². The average molecular weight is 354 g/mol. The smallest absolute Gasteiger partial charge is 0.231 e. The number of piperidine rings is 1. The summed E-state index contributed by atoms with van der Waals surface area (Å²) in [6.07, 6.45) is 6.50. The van der Waals surface area contributed by atoms with Crippen molar-refractivity contribution in [3.8, 4) is 11.5 Å². The van der Waals surface area contributed by atoms with Crippen LogP contribution in [0.3, 0.4) is 0 Å². The number of amides is 1. The van der Waals surface area contributed by atoms with E-state index >= 15 is 0 Å². The number of nitrogens with one attached hydrogen (secondary N) is 1. The second-order valence-corrected chi connectivity index (χ2v) is 6.57. The highest BCUT2D eigenvalue weighted by molar-refractivity contribution is 5.76. The molecule has 0 bridgehead atoms. The van der Waals surface area contributed by atoms with Crippen molar-refractivity contribution < 1.29 is 14.3 Å². The maximum absolute atomic E-state index is 12.3. The number of fused-ring (bicyclic) bond motifs is 1. The zero-order valence-corrected chi connectivity index (χ0v) is 14.6. The van der Waals surface area contributed by atoms with Gasteiger partial charge in [0.05, 0.1) is 0 Å². The van der Waals surface area contributed by atoms with E-state index in [9.17, 15) is 4.79 Å². The van der Waals surface area contributed by atoms with Crippen molar-refractivity contribution in [1.82, 2.24) is 15.3 Å². The number of aromatic nitrogens is 2. The number of carbonyl (C=O) groups is 1. The predicted molar refractivity (Wildman–Crippen MR) is 96.3 cm³/mol. The van der Waals surface area contributed by atoms with Gasteiger partial charge < -0.3 is 19.7 Å². The molecular formula is C19H22N4O3. The van der Waals surface area contributed by atoms with Gasteiger partial charge in [-0.05, 0) is 43.0 Å². The Morgan fingerprint density at radius 3 is 2.73 bits per heavy atom. The molecule has 0 aliphatic carbocycles. The summed E-state index contributed by atoms with van der Waals surface area (Å²) < 4.78 is 10.7. The van der Waals surface area contributed by atoms with Gasteiger partial charge in [-0.3, -0.25) is 4.79 Å². The lowest BCUT2D eigenvalue weighted by Crippen LogP contribution is -2.45. The Labute approximate surface area is 152 Å². The molecule has 26 heavy (non-hydrogen) atoms. The highest BCUT2D eigenvalue weighted by Crippen LogP contribution is 2.32. The summed E-state index contributed by atoms with van der Waals surface area (Å²) in [5, 5.41) is 3.15. The lowest BCUT2D eigenvalue weighted by Gasteiger charge is -2.32. The van der Waals surface area contributed by atoms with Gasteiger partial charge in [0.1, 0.15) is 0 Å². The molecule has 1 aromatic heterocycles. The third kappa shape index (κ3) is 3.87. The fourth-order valence-electron chi connectivity index (χ4n) is 3.33. The van der Waals surface area contributed by atoms with Crippen LogP contribution in [0, 0.1) is 0 Å². The number of aryl methyl sites for hydroxylation is 1. The molecule has 1 fully saturated rings. The average Bonchev–Trinajstić information content (AvgIpc) is 3.15. The lowest BCUT2D eigenvalue weighted by molar-refractivity contribution is -0.121. The molecule has 1 N–H and O–H groups in total. The van der Waals surface area contributed by atoms with Crippen molar-refractivity contribution in [2.45, 2.75) is 31.7 Å². The van der Waals surface area contributed by atoms with Gasteiger partial charge >= 0.3 is 0 Å². The zero-order chi connectivity index (χ0) is 17.8. The van der Waals surface area contributed by atoms with E-state index in [1.807, 2.05) is 24.3 Å². The van der Waals surface area contributed by atoms with E-state index in [0.29, 0.717) is 12.8 Å². The Balaban J connectivity index is 1.22. The Morgan fingerprint density at radius 2 is 1.92 bits per heavy atom. The van der Waals surface area contributed by atoms with E-state index in [4.69, 9.17) is 9.47 Å². The Kier molecular flexibility index (Phi) is 4.86. The highest BCUT2D eigenvalue weighted by Gasteiger charge is 2.22. The molecule has 7 nitrogen and oxygen atoms in total. The van der Waals surface area contributed by atoms with E-state index in [1.54, 1.807) is 12.4 Å². The Morgan fingerprint density at radius 1 is 1.15 bits per heavy atom. The largest absolute Gasteiger partial charge is 0.454 e. The van der Waals surface area contributed by atoms with E-state index in [0.717, 1.165) is 48.9 Å². The van der Waals surface area contributed by atoms with Crippen molar-refractivity contribution in [3.05, 3.63) is 42.2 Å². The molecule has 0 saturated carbocycles. The molecule has 1 saturated heterocycles. The summed E-state index contributed by atoms with van der Waals surface area (Å²) in [5.74, 6) is 2.39. The summed E-state index contributed by atoms with van der Waals surface area (Å²) >= 11 is 0. The van der Waals surface area contributed by atoms with Crippen molar-refractivity contribution in [3.63, 3.8) is 0 Å². The number of benzene rings is 1. The van der Waals surface area contributed by atoms with Gasteiger partial charge in [-0.2, -0.15) is 0 Å². The van der Waals surface area contributed by atoms with Crippen LogP contribution >= 0.6 is 0 Å². The van der Waals surface area contributed by atoms with Crippen LogP contribution in [0.2, 0.25) is 0 Å². The molecular weight excluding hydrogens is 332 g/mol. The van der Waals surface area contributed by atoms with E-state index < -0.39 is 0 Å². The molecule has 3 heterocycles. The van der Waals surface area contributed by atoms with Crippen molar-refractivity contribution >= 4 is 11.9 Å².